The molecule has 152 valence electrons. The number of piperazine rings is 1. The summed E-state index contributed by atoms with van der Waals surface area (Å²) in [7, 11) is 0. The molecule has 3 rings (SSSR count). The molecule has 2 aliphatic heterocycles. The van der Waals surface area contributed by atoms with Crippen LogP contribution in [0.3, 0.4) is 0 Å². The van der Waals surface area contributed by atoms with Gasteiger partial charge in [-0.2, -0.15) is 0 Å². The Labute approximate surface area is 168 Å². The Balaban J connectivity index is 1.55. The predicted molar refractivity (Wildman–Crippen MR) is 103 cm³/mol. The molecule has 1 N–H and O–H groups in total. The van der Waals surface area contributed by atoms with Gasteiger partial charge in [0.15, 0.2) is 11.5 Å². The van der Waals surface area contributed by atoms with E-state index >= 15 is 0 Å². The number of carbonyl (C=O) groups excluding carboxylic acids is 3. The van der Waals surface area contributed by atoms with Gasteiger partial charge in [-0.25, -0.2) is 0 Å². The molecule has 0 radical (unpaired) electrons. The molecule has 1 saturated heterocycles. The van der Waals surface area contributed by atoms with Crippen molar-refractivity contribution in [2.45, 2.75) is 26.3 Å². The molecular formula is C19H24ClN3O5. The van der Waals surface area contributed by atoms with Crippen molar-refractivity contribution >= 4 is 29.3 Å². The van der Waals surface area contributed by atoms with Gasteiger partial charge in [0.25, 0.3) is 0 Å². The number of halogens is 1. The zero-order valence-electron chi connectivity index (χ0n) is 16.0. The number of rotatable bonds is 3. The Morgan fingerprint density at radius 2 is 1.71 bits per heavy atom. The van der Waals surface area contributed by atoms with Gasteiger partial charge in [0.05, 0.1) is 11.4 Å². The lowest BCUT2D eigenvalue weighted by molar-refractivity contribution is -0.148. The number of fused-ring (bicyclic) bond motifs is 1. The average molecular weight is 410 g/mol. The van der Waals surface area contributed by atoms with E-state index in [0.29, 0.717) is 55.9 Å². The quantitative estimate of drug-likeness (QED) is 0.748. The van der Waals surface area contributed by atoms with Crippen LogP contribution in [0.4, 0.5) is 0 Å². The van der Waals surface area contributed by atoms with Gasteiger partial charge < -0.3 is 24.6 Å². The molecule has 0 bridgehead atoms. The topological polar surface area (TPSA) is 88.2 Å². The summed E-state index contributed by atoms with van der Waals surface area (Å²) in [5.41, 5.74) is 0.745. The smallest absolute Gasteiger partial charge is 0.312 e. The summed E-state index contributed by atoms with van der Waals surface area (Å²) >= 11 is 6.22. The Morgan fingerprint density at radius 1 is 1.07 bits per heavy atom. The molecule has 1 aromatic rings. The molecule has 0 saturated carbocycles. The lowest BCUT2D eigenvalue weighted by Crippen LogP contribution is -2.54. The third kappa shape index (κ3) is 4.67. The maximum atomic E-state index is 12.6. The zero-order chi connectivity index (χ0) is 20.3. The first-order chi connectivity index (χ1) is 13.3. The summed E-state index contributed by atoms with van der Waals surface area (Å²) in [6.07, 6.45) is 0.179. The van der Waals surface area contributed by atoms with Crippen LogP contribution in [0, 0.1) is 0 Å². The van der Waals surface area contributed by atoms with Crippen molar-refractivity contribution in [1.29, 1.82) is 0 Å². The van der Waals surface area contributed by atoms with E-state index in [1.807, 2.05) is 0 Å². The summed E-state index contributed by atoms with van der Waals surface area (Å²) in [5, 5.41) is 3.01. The van der Waals surface area contributed by atoms with Crippen LogP contribution in [0.1, 0.15) is 19.4 Å². The minimum atomic E-state index is -0.610. The number of nitrogens with zero attached hydrogens (tertiary/aromatic N) is 2. The molecule has 8 nitrogen and oxygen atoms in total. The molecule has 2 heterocycles. The maximum absolute atomic E-state index is 12.6. The molecule has 0 atom stereocenters. The molecule has 0 spiro atoms. The second-order valence-corrected chi connectivity index (χ2v) is 7.49. The monoisotopic (exact) mass is 409 g/mol. The number of benzene rings is 1. The fourth-order valence-corrected chi connectivity index (χ4v) is 3.47. The number of nitrogens with one attached hydrogen (secondary N) is 1. The summed E-state index contributed by atoms with van der Waals surface area (Å²) in [4.78, 5) is 39.8. The SMILES string of the molecule is CC(C)NC(=O)C(=O)N1CCN(C(=O)Cc2cc(Cl)c3c(c2)OCCO3)CC1. The standard InChI is InChI=1S/C19H24ClN3O5/c1-12(2)21-18(25)19(26)23-5-3-22(4-6-23)16(24)11-13-9-14(20)17-15(10-13)27-7-8-28-17/h9-10,12H,3-8,11H2,1-2H3,(H,21,25). The molecule has 0 unspecified atom stereocenters. The van der Waals surface area contributed by atoms with Gasteiger partial charge >= 0.3 is 11.8 Å². The highest BCUT2D eigenvalue weighted by Crippen LogP contribution is 2.38. The van der Waals surface area contributed by atoms with Gasteiger partial charge in [-0.05, 0) is 31.5 Å². The number of amides is 3. The minimum absolute atomic E-state index is 0.0634. The second kappa shape index (κ2) is 8.68. The van der Waals surface area contributed by atoms with Gasteiger partial charge in [-0.1, -0.05) is 11.6 Å². The van der Waals surface area contributed by atoms with Crippen LogP contribution < -0.4 is 14.8 Å². The van der Waals surface area contributed by atoms with Crippen LogP contribution in [0.5, 0.6) is 11.5 Å². The van der Waals surface area contributed by atoms with Crippen molar-refractivity contribution in [3.05, 3.63) is 22.7 Å². The third-order valence-corrected chi connectivity index (χ3v) is 4.83. The third-order valence-electron chi connectivity index (χ3n) is 4.55. The fourth-order valence-electron chi connectivity index (χ4n) is 3.18. The first-order valence-electron chi connectivity index (χ1n) is 9.30. The van der Waals surface area contributed by atoms with Crippen LogP contribution in [0.15, 0.2) is 12.1 Å². The molecule has 0 aliphatic carbocycles. The second-order valence-electron chi connectivity index (χ2n) is 7.08. The number of ether oxygens (including phenoxy) is 2. The summed E-state index contributed by atoms with van der Waals surface area (Å²) < 4.78 is 11.0. The highest BCUT2D eigenvalue weighted by atomic mass is 35.5. The minimum Gasteiger partial charge on any atom is -0.486 e. The molecule has 28 heavy (non-hydrogen) atoms. The van der Waals surface area contributed by atoms with E-state index in [-0.39, 0.29) is 18.4 Å². The van der Waals surface area contributed by atoms with Crippen molar-refractivity contribution < 1.29 is 23.9 Å². The Hall–Kier alpha value is -2.48. The van der Waals surface area contributed by atoms with E-state index in [4.69, 9.17) is 21.1 Å². The average Bonchev–Trinajstić information content (AvgIpc) is 2.67. The van der Waals surface area contributed by atoms with E-state index in [2.05, 4.69) is 5.32 Å². The van der Waals surface area contributed by atoms with Gasteiger partial charge in [-0.3, -0.25) is 14.4 Å². The van der Waals surface area contributed by atoms with Crippen LogP contribution in [0.25, 0.3) is 0 Å². The first kappa shape index (κ1) is 20.3. The van der Waals surface area contributed by atoms with Gasteiger partial charge in [0.1, 0.15) is 13.2 Å². The molecule has 0 aromatic heterocycles. The van der Waals surface area contributed by atoms with E-state index in [1.165, 1.54) is 4.90 Å². The highest BCUT2D eigenvalue weighted by molar-refractivity contribution is 6.35. The van der Waals surface area contributed by atoms with Gasteiger partial charge in [0, 0.05) is 32.2 Å². The van der Waals surface area contributed by atoms with Crippen LogP contribution in [-0.4, -0.2) is 73.0 Å². The molecule has 2 aliphatic rings. The Bertz CT molecular complexity index is 775. The first-order valence-corrected chi connectivity index (χ1v) is 9.68. The van der Waals surface area contributed by atoms with E-state index < -0.39 is 11.8 Å². The van der Waals surface area contributed by atoms with Crippen LogP contribution >= 0.6 is 11.6 Å². The van der Waals surface area contributed by atoms with Crippen molar-refractivity contribution in [3.8, 4) is 11.5 Å². The maximum Gasteiger partial charge on any atom is 0.312 e. The van der Waals surface area contributed by atoms with Crippen LogP contribution in [0.2, 0.25) is 5.02 Å². The lowest BCUT2D eigenvalue weighted by Gasteiger charge is -2.34. The molecule has 1 fully saturated rings. The molecule has 9 heteroatoms. The largest absolute Gasteiger partial charge is 0.486 e. The lowest BCUT2D eigenvalue weighted by atomic mass is 10.1. The molecule has 1 aromatic carbocycles. The Morgan fingerprint density at radius 3 is 2.39 bits per heavy atom. The summed E-state index contributed by atoms with van der Waals surface area (Å²) in [6, 6.07) is 3.38. The van der Waals surface area contributed by atoms with Gasteiger partial charge in [0.2, 0.25) is 5.91 Å². The number of hydrogen-bond acceptors (Lipinski definition) is 5. The Kier molecular flexibility index (Phi) is 6.28. The summed E-state index contributed by atoms with van der Waals surface area (Å²) in [5.74, 6) is -0.171. The van der Waals surface area contributed by atoms with E-state index in [9.17, 15) is 14.4 Å². The molecular weight excluding hydrogens is 386 g/mol. The fraction of sp³-hybridized carbons (Fsp3) is 0.526. The number of hydrogen-bond donors (Lipinski definition) is 1. The van der Waals surface area contributed by atoms with Gasteiger partial charge in [-0.15, -0.1) is 0 Å². The van der Waals surface area contributed by atoms with Crippen molar-refractivity contribution in [2.24, 2.45) is 0 Å². The van der Waals surface area contributed by atoms with E-state index in [0.717, 1.165) is 5.56 Å². The highest BCUT2D eigenvalue weighted by Gasteiger charge is 2.28. The van der Waals surface area contributed by atoms with E-state index in [1.54, 1.807) is 30.9 Å². The van der Waals surface area contributed by atoms with Crippen molar-refractivity contribution in [1.82, 2.24) is 15.1 Å². The molecule has 3 amide bonds. The normalized spacial score (nSPS) is 16.1. The number of carbonyl (C=O) groups is 3. The van der Waals surface area contributed by atoms with Crippen molar-refractivity contribution in [2.75, 3.05) is 39.4 Å². The van der Waals surface area contributed by atoms with Crippen LogP contribution in [-0.2, 0) is 20.8 Å². The zero-order valence-corrected chi connectivity index (χ0v) is 16.8. The summed E-state index contributed by atoms with van der Waals surface area (Å²) in [6.45, 7) is 5.92. The predicted octanol–water partition coefficient (Wildman–Crippen LogP) is 0.849. The van der Waals surface area contributed by atoms with Crippen molar-refractivity contribution in [3.63, 3.8) is 0 Å².